The van der Waals surface area contributed by atoms with Crippen molar-refractivity contribution in [3.8, 4) is 6.07 Å². The third-order valence-corrected chi connectivity index (χ3v) is 4.04. The van der Waals surface area contributed by atoms with Gasteiger partial charge in [-0.05, 0) is 28.4 Å². The molecule has 0 saturated carbocycles. The molecule has 112 valence electrons. The van der Waals surface area contributed by atoms with Crippen LogP contribution in [-0.4, -0.2) is 18.3 Å². The van der Waals surface area contributed by atoms with Crippen LogP contribution in [-0.2, 0) is 11.3 Å². The van der Waals surface area contributed by atoms with Crippen molar-refractivity contribution in [1.29, 1.82) is 5.26 Å². The highest BCUT2D eigenvalue weighted by Crippen LogP contribution is 2.28. The van der Waals surface area contributed by atoms with Crippen LogP contribution in [0.1, 0.15) is 22.4 Å². The average molecular weight is 359 g/mol. The molecule has 0 aliphatic heterocycles. The number of benzene rings is 1. The first-order valence-electron chi connectivity index (χ1n) is 6.59. The number of nitrogens with zero attached hydrogens (tertiary/aromatic N) is 3. The minimum atomic E-state index is 0.323. The monoisotopic (exact) mass is 358 g/mol. The molecule has 1 aromatic heterocycles. The molecule has 5 nitrogen and oxygen atoms in total. The first kappa shape index (κ1) is 16.1. The van der Waals surface area contributed by atoms with Crippen molar-refractivity contribution < 1.29 is 4.74 Å². The van der Waals surface area contributed by atoms with Crippen molar-refractivity contribution in [2.45, 2.75) is 13.5 Å². The van der Waals surface area contributed by atoms with Gasteiger partial charge >= 0.3 is 0 Å². The third kappa shape index (κ3) is 3.70. The maximum absolute atomic E-state index is 9.40. The maximum atomic E-state index is 9.40. The first-order chi connectivity index (χ1) is 10.7. The Kier molecular flexibility index (Phi) is 5.64. The lowest BCUT2D eigenvalue weighted by Gasteiger charge is -2.12. The summed E-state index contributed by atoms with van der Waals surface area (Å²) in [5.74, 6) is 0.419. The predicted molar refractivity (Wildman–Crippen MR) is 89.8 cm³/mol. The van der Waals surface area contributed by atoms with Crippen LogP contribution in [0.4, 0.5) is 5.82 Å². The quantitative estimate of drug-likeness (QED) is 0.654. The zero-order valence-electron chi connectivity index (χ0n) is 12.3. The summed E-state index contributed by atoms with van der Waals surface area (Å²) in [7, 11) is 1.59. The van der Waals surface area contributed by atoms with E-state index >= 15 is 0 Å². The van der Waals surface area contributed by atoms with E-state index in [1.807, 2.05) is 37.3 Å². The summed E-state index contributed by atoms with van der Waals surface area (Å²) in [6, 6.07) is 11.8. The summed E-state index contributed by atoms with van der Waals surface area (Å²) in [5, 5.41) is 13.5. The van der Waals surface area contributed by atoms with Crippen molar-refractivity contribution in [1.82, 2.24) is 4.98 Å². The lowest BCUT2D eigenvalue weighted by atomic mass is 10.1. The Bertz CT molecular complexity index is 723. The van der Waals surface area contributed by atoms with Crippen molar-refractivity contribution in [3.63, 3.8) is 0 Å². The maximum Gasteiger partial charge on any atom is 0.164 e. The summed E-state index contributed by atoms with van der Waals surface area (Å²) in [6.07, 6.45) is 1.68. The van der Waals surface area contributed by atoms with Crippen molar-refractivity contribution in [2.75, 3.05) is 12.5 Å². The van der Waals surface area contributed by atoms with E-state index in [0.717, 1.165) is 21.3 Å². The Labute approximate surface area is 137 Å². The summed E-state index contributed by atoms with van der Waals surface area (Å²) >= 11 is 3.45. The summed E-state index contributed by atoms with van der Waals surface area (Å²) < 4.78 is 5.94. The highest BCUT2D eigenvalue weighted by molar-refractivity contribution is 9.10. The number of ether oxygens (including phenoxy) is 1. The molecule has 0 saturated heterocycles. The Morgan fingerprint density at radius 1 is 1.41 bits per heavy atom. The Morgan fingerprint density at radius 3 is 2.77 bits per heavy atom. The molecule has 1 N–H and O–H groups in total. The second-order valence-corrected chi connectivity index (χ2v) is 5.33. The first-order valence-corrected chi connectivity index (χ1v) is 7.38. The third-order valence-electron chi connectivity index (χ3n) is 2.98. The number of anilines is 1. The van der Waals surface area contributed by atoms with Gasteiger partial charge in [-0.1, -0.05) is 30.3 Å². The van der Waals surface area contributed by atoms with Gasteiger partial charge in [0, 0.05) is 17.1 Å². The molecule has 22 heavy (non-hydrogen) atoms. The molecule has 2 aromatic rings. The molecular formula is C16H15BrN4O. The number of hydrogen-bond acceptors (Lipinski definition) is 5. The lowest BCUT2D eigenvalue weighted by Crippen LogP contribution is -2.05. The summed E-state index contributed by atoms with van der Waals surface area (Å²) in [6.45, 7) is 2.18. The molecule has 0 fully saturated rings. The van der Waals surface area contributed by atoms with Crippen LogP contribution in [0.5, 0.6) is 0 Å². The van der Waals surface area contributed by atoms with Gasteiger partial charge in [-0.15, -0.1) is 0 Å². The van der Waals surface area contributed by atoms with Crippen LogP contribution in [0, 0.1) is 18.3 Å². The number of aryl methyl sites for hydroxylation is 1. The van der Waals surface area contributed by atoms with Gasteiger partial charge in [-0.2, -0.15) is 10.4 Å². The largest absolute Gasteiger partial charge is 0.380 e. The molecule has 0 bridgehead atoms. The molecule has 0 spiro atoms. The molecule has 6 heteroatoms. The number of rotatable bonds is 5. The number of hydrogen-bond donors (Lipinski definition) is 1. The van der Waals surface area contributed by atoms with E-state index in [9.17, 15) is 5.26 Å². The summed E-state index contributed by atoms with van der Waals surface area (Å²) in [4.78, 5) is 4.37. The fraction of sp³-hybridized carbons (Fsp3) is 0.188. The van der Waals surface area contributed by atoms with Gasteiger partial charge in [0.1, 0.15) is 11.6 Å². The minimum Gasteiger partial charge on any atom is -0.380 e. The van der Waals surface area contributed by atoms with E-state index in [4.69, 9.17) is 4.74 Å². The Hall–Kier alpha value is -2.23. The van der Waals surface area contributed by atoms with Gasteiger partial charge in [-0.25, -0.2) is 4.98 Å². The van der Waals surface area contributed by atoms with Crippen molar-refractivity contribution in [3.05, 3.63) is 57.2 Å². The Balaban J connectivity index is 2.31. The molecule has 0 aliphatic carbocycles. The number of pyridine rings is 1. The fourth-order valence-corrected chi connectivity index (χ4v) is 2.33. The average Bonchev–Trinajstić information content (AvgIpc) is 2.53. The molecule has 1 aromatic carbocycles. The van der Waals surface area contributed by atoms with Crippen molar-refractivity contribution >= 4 is 28.0 Å². The molecule has 0 amide bonds. The standard InChI is InChI=1S/C16H15BrN4O/c1-11-15(17)14(10-22-2)13(8-18)16(20-11)21-19-9-12-6-4-3-5-7-12/h3-7,9H,10H2,1-2H3,(H,20,21)/b19-9-. The lowest BCUT2D eigenvalue weighted by molar-refractivity contribution is 0.184. The van der Waals surface area contributed by atoms with Gasteiger partial charge in [-0.3, -0.25) is 5.43 Å². The number of halogens is 1. The van der Waals surface area contributed by atoms with Crippen LogP contribution in [0.25, 0.3) is 0 Å². The van der Waals surface area contributed by atoms with E-state index in [1.165, 1.54) is 0 Å². The molecule has 0 atom stereocenters. The predicted octanol–water partition coefficient (Wildman–Crippen LogP) is 3.62. The number of methoxy groups -OCH3 is 1. The fourth-order valence-electron chi connectivity index (χ4n) is 1.93. The number of nitriles is 1. The normalized spacial score (nSPS) is 10.6. The van der Waals surface area contributed by atoms with Gasteiger partial charge in [0.25, 0.3) is 0 Å². The van der Waals surface area contributed by atoms with Crippen LogP contribution >= 0.6 is 15.9 Å². The smallest absolute Gasteiger partial charge is 0.164 e. The zero-order valence-corrected chi connectivity index (χ0v) is 13.9. The molecule has 0 unspecified atom stereocenters. The SMILES string of the molecule is COCc1c(Br)c(C)nc(N/N=C\c2ccccc2)c1C#N. The van der Waals surface area contributed by atoms with Gasteiger partial charge in [0.2, 0.25) is 0 Å². The van der Waals surface area contributed by atoms with Crippen LogP contribution in [0.2, 0.25) is 0 Å². The van der Waals surface area contributed by atoms with Gasteiger partial charge < -0.3 is 4.74 Å². The van der Waals surface area contributed by atoms with Crippen LogP contribution in [0.3, 0.4) is 0 Å². The van der Waals surface area contributed by atoms with E-state index in [0.29, 0.717) is 18.0 Å². The van der Waals surface area contributed by atoms with Crippen LogP contribution < -0.4 is 5.43 Å². The van der Waals surface area contributed by atoms with Crippen LogP contribution in [0.15, 0.2) is 39.9 Å². The molecule has 0 aliphatic rings. The number of hydrazone groups is 1. The topological polar surface area (TPSA) is 70.3 Å². The van der Waals surface area contributed by atoms with E-state index in [2.05, 4.69) is 37.5 Å². The number of aromatic nitrogens is 1. The van der Waals surface area contributed by atoms with E-state index in [1.54, 1.807) is 13.3 Å². The Morgan fingerprint density at radius 2 is 2.14 bits per heavy atom. The van der Waals surface area contributed by atoms with E-state index < -0.39 is 0 Å². The summed E-state index contributed by atoms with van der Waals surface area (Å²) in [5.41, 5.74) is 5.74. The zero-order chi connectivity index (χ0) is 15.9. The van der Waals surface area contributed by atoms with Crippen molar-refractivity contribution in [2.24, 2.45) is 5.10 Å². The molecule has 2 rings (SSSR count). The highest BCUT2D eigenvalue weighted by Gasteiger charge is 2.16. The second-order valence-electron chi connectivity index (χ2n) is 4.54. The minimum absolute atomic E-state index is 0.323. The molecule has 1 heterocycles. The van der Waals surface area contributed by atoms with E-state index in [-0.39, 0.29) is 0 Å². The van der Waals surface area contributed by atoms with Gasteiger partial charge in [0.05, 0.1) is 18.5 Å². The number of nitrogens with one attached hydrogen (secondary N) is 1. The highest BCUT2D eigenvalue weighted by atomic mass is 79.9. The molecule has 0 radical (unpaired) electrons. The molecular weight excluding hydrogens is 344 g/mol. The van der Waals surface area contributed by atoms with Gasteiger partial charge in [0.15, 0.2) is 5.82 Å². The second kappa shape index (κ2) is 7.69.